The van der Waals surface area contributed by atoms with Gasteiger partial charge in [-0.15, -0.1) is 5.10 Å². The smallest absolute Gasteiger partial charge is 0.300 e. The van der Waals surface area contributed by atoms with Gasteiger partial charge in [0, 0.05) is 12.5 Å². The summed E-state index contributed by atoms with van der Waals surface area (Å²) in [7, 11) is 1.63. The van der Waals surface area contributed by atoms with Gasteiger partial charge in [-0.25, -0.2) is 4.99 Å². The number of carboxylic acid groups (broad SMARTS) is 1. The van der Waals surface area contributed by atoms with Crippen LogP contribution in [-0.2, 0) is 11.3 Å². The number of anilines is 1. The Labute approximate surface area is 133 Å². The molecule has 2 aromatic rings. The number of guanidine groups is 1. The van der Waals surface area contributed by atoms with Crippen LogP contribution < -0.4 is 15.8 Å². The number of H-pyrrole nitrogens is 1. The largest absolute Gasteiger partial charge is 0.496 e. The number of hydrogen-bond donors (Lipinski definition) is 4. The number of methoxy groups -OCH3 is 1. The van der Waals surface area contributed by atoms with Crippen molar-refractivity contribution >= 4 is 17.9 Å². The molecule has 0 saturated heterocycles. The van der Waals surface area contributed by atoms with Crippen molar-refractivity contribution in [2.75, 3.05) is 12.4 Å². The highest BCUT2D eigenvalue weighted by atomic mass is 16.5. The van der Waals surface area contributed by atoms with Crippen LogP contribution in [0.15, 0.2) is 29.3 Å². The first kappa shape index (κ1) is 18.0. The van der Waals surface area contributed by atoms with Crippen molar-refractivity contribution in [3.8, 4) is 5.75 Å². The topological polar surface area (TPSA) is 139 Å². The number of ether oxygens (including phenoxy) is 1. The van der Waals surface area contributed by atoms with E-state index >= 15 is 0 Å². The summed E-state index contributed by atoms with van der Waals surface area (Å²) in [5.41, 5.74) is 6.72. The predicted molar refractivity (Wildman–Crippen MR) is 86.4 cm³/mol. The molecule has 0 bridgehead atoms. The maximum absolute atomic E-state index is 9.00. The van der Waals surface area contributed by atoms with Gasteiger partial charge in [-0.1, -0.05) is 18.2 Å². The Balaban J connectivity index is 0.000000593. The summed E-state index contributed by atoms with van der Waals surface area (Å²) in [6.45, 7) is 3.31. The van der Waals surface area contributed by atoms with Crippen molar-refractivity contribution < 1.29 is 14.6 Å². The lowest BCUT2D eigenvalue weighted by Crippen LogP contribution is -2.23. The first-order valence-electron chi connectivity index (χ1n) is 6.69. The lowest BCUT2D eigenvalue weighted by atomic mass is 10.2. The zero-order valence-electron chi connectivity index (χ0n) is 13.2. The summed E-state index contributed by atoms with van der Waals surface area (Å²) in [5, 5.41) is 16.8. The van der Waals surface area contributed by atoms with Crippen molar-refractivity contribution in [2.45, 2.75) is 20.4 Å². The number of aliphatic carboxylic acids is 1. The fourth-order valence-electron chi connectivity index (χ4n) is 1.56. The minimum Gasteiger partial charge on any atom is -0.496 e. The van der Waals surface area contributed by atoms with E-state index in [1.54, 1.807) is 14.0 Å². The molecule has 0 fully saturated rings. The Kier molecular flexibility index (Phi) is 7.05. The van der Waals surface area contributed by atoms with E-state index in [1.165, 1.54) is 0 Å². The van der Waals surface area contributed by atoms with Crippen molar-refractivity contribution in [3.63, 3.8) is 0 Å². The van der Waals surface area contributed by atoms with Crippen LogP contribution in [0.3, 0.4) is 0 Å². The normalized spacial score (nSPS) is 10.5. The molecule has 0 aliphatic heterocycles. The van der Waals surface area contributed by atoms with Gasteiger partial charge >= 0.3 is 0 Å². The average Bonchev–Trinajstić information content (AvgIpc) is 2.90. The average molecular weight is 320 g/mol. The van der Waals surface area contributed by atoms with Crippen LogP contribution in [0, 0.1) is 6.92 Å². The maximum atomic E-state index is 9.00. The molecule has 0 aliphatic carbocycles. The molecule has 124 valence electrons. The summed E-state index contributed by atoms with van der Waals surface area (Å²) in [6, 6.07) is 7.65. The molecule has 2 rings (SSSR count). The van der Waals surface area contributed by atoms with E-state index in [0.29, 0.717) is 18.3 Å². The van der Waals surface area contributed by atoms with Crippen LogP contribution >= 0.6 is 0 Å². The molecular formula is C14H20N6O3. The standard InChI is InChI=1S/C12H16N6O.C2H4O2/c1-8-15-12(18-17-8)16-11(13)14-7-9-5-3-4-6-10(9)19-2;1-2(3)4/h3-6H,7H2,1-2H3,(H4,13,14,15,16,17,18);1H3,(H,3,4). The first-order valence-corrected chi connectivity index (χ1v) is 6.69. The minimum atomic E-state index is -0.833. The molecule has 5 N–H and O–H groups in total. The van der Waals surface area contributed by atoms with Gasteiger partial charge in [-0.2, -0.15) is 4.98 Å². The third kappa shape index (κ3) is 6.93. The fraction of sp³-hybridized carbons (Fsp3) is 0.286. The first-order chi connectivity index (χ1) is 10.9. The number of aromatic nitrogens is 3. The van der Waals surface area contributed by atoms with Crippen LogP contribution in [0.5, 0.6) is 5.75 Å². The third-order valence-corrected chi connectivity index (χ3v) is 2.45. The highest BCUT2D eigenvalue weighted by molar-refractivity contribution is 5.90. The van der Waals surface area contributed by atoms with Crippen molar-refractivity contribution in [1.29, 1.82) is 0 Å². The Bertz CT molecular complexity index is 664. The number of aliphatic imine (C=N–C) groups is 1. The maximum Gasteiger partial charge on any atom is 0.300 e. The second kappa shape index (κ2) is 9.03. The zero-order valence-corrected chi connectivity index (χ0v) is 13.2. The van der Waals surface area contributed by atoms with Crippen LogP contribution in [0.25, 0.3) is 0 Å². The van der Waals surface area contributed by atoms with E-state index < -0.39 is 5.97 Å². The molecule has 9 nitrogen and oxygen atoms in total. The van der Waals surface area contributed by atoms with E-state index in [0.717, 1.165) is 18.2 Å². The number of aryl methyl sites for hydroxylation is 1. The lowest BCUT2D eigenvalue weighted by molar-refractivity contribution is -0.134. The number of carbonyl (C=O) groups is 1. The molecule has 1 heterocycles. The summed E-state index contributed by atoms with van der Waals surface area (Å²) in [5.74, 6) is 1.32. The molecule has 1 aromatic carbocycles. The monoisotopic (exact) mass is 320 g/mol. The zero-order chi connectivity index (χ0) is 17.2. The predicted octanol–water partition coefficient (Wildman–Crippen LogP) is 1.14. The fourth-order valence-corrected chi connectivity index (χ4v) is 1.56. The second-order valence-electron chi connectivity index (χ2n) is 4.40. The van der Waals surface area contributed by atoms with Gasteiger partial charge in [-0.3, -0.25) is 15.2 Å². The number of aromatic amines is 1. The van der Waals surface area contributed by atoms with Crippen LogP contribution in [0.1, 0.15) is 18.3 Å². The van der Waals surface area contributed by atoms with Gasteiger partial charge < -0.3 is 15.6 Å². The Morgan fingerprint density at radius 3 is 2.70 bits per heavy atom. The molecule has 1 aromatic heterocycles. The van der Waals surface area contributed by atoms with Gasteiger partial charge in [0.25, 0.3) is 5.97 Å². The molecule has 0 spiro atoms. The van der Waals surface area contributed by atoms with E-state index in [9.17, 15) is 0 Å². The number of nitrogens with one attached hydrogen (secondary N) is 2. The summed E-state index contributed by atoms with van der Waals surface area (Å²) < 4.78 is 5.24. The molecule has 0 aliphatic rings. The van der Waals surface area contributed by atoms with E-state index in [4.69, 9.17) is 20.4 Å². The molecule has 0 atom stereocenters. The Hall–Kier alpha value is -3.10. The highest BCUT2D eigenvalue weighted by Gasteiger charge is 2.03. The van der Waals surface area contributed by atoms with E-state index in [1.807, 2.05) is 24.3 Å². The lowest BCUT2D eigenvalue weighted by Gasteiger charge is -2.06. The summed E-state index contributed by atoms with van der Waals surface area (Å²) in [4.78, 5) is 17.3. The molecule has 0 unspecified atom stereocenters. The van der Waals surface area contributed by atoms with Crippen LogP contribution in [0.4, 0.5) is 5.95 Å². The van der Waals surface area contributed by atoms with Crippen LogP contribution in [-0.4, -0.2) is 39.3 Å². The third-order valence-electron chi connectivity index (χ3n) is 2.45. The number of benzene rings is 1. The summed E-state index contributed by atoms with van der Waals surface area (Å²) in [6.07, 6.45) is 0. The molecule has 23 heavy (non-hydrogen) atoms. The van der Waals surface area contributed by atoms with Crippen molar-refractivity contribution in [3.05, 3.63) is 35.7 Å². The van der Waals surface area contributed by atoms with Crippen molar-refractivity contribution in [2.24, 2.45) is 10.7 Å². The number of hydrogen-bond acceptors (Lipinski definition) is 5. The number of nitrogens with zero attached hydrogens (tertiary/aromatic N) is 3. The van der Waals surface area contributed by atoms with Crippen LogP contribution in [0.2, 0.25) is 0 Å². The molecule has 0 saturated carbocycles. The minimum absolute atomic E-state index is 0.255. The Morgan fingerprint density at radius 2 is 2.13 bits per heavy atom. The van der Waals surface area contributed by atoms with Crippen molar-refractivity contribution in [1.82, 2.24) is 15.2 Å². The molecule has 0 radical (unpaired) electrons. The van der Waals surface area contributed by atoms with E-state index in [-0.39, 0.29) is 5.96 Å². The van der Waals surface area contributed by atoms with Gasteiger partial charge in [0.05, 0.1) is 13.7 Å². The van der Waals surface area contributed by atoms with Gasteiger partial charge in [0.2, 0.25) is 5.95 Å². The highest BCUT2D eigenvalue weighted by Crippen LogP contribution is 2.17. The number of rotatable bonds is 4. The summed E-state index contributed by atoms with van der Waals surface area (Å²) >= 11 is 0. The van der Waals surface area contributed by atoms with Gasteiger partial charge in [-0.05, 0) is 13.0 Å². The number of carboxylic acids is 1. The quantitative estimate of drug-likeness (QED) is 0.489. The molecular weight excluding hydrogens is 300 g/mol. The Morgan fingerprint density at radius 1 is 1.48 bits per heavy atom. The number of nitrogens with two attached hydrogens (primary N) is 1. The SMILES string of the molecule is CC(=O)O.COc1ccccc1CN=C(N)Nc1n[nH]c(C)n1. The van der Waals surface area contributed by atoms with E-state index in [2.05, 4.69) is 25.5 Å². The van der Waals surface area contributed by atoms with Gasteiger partial charge in [0.15, 0.2) is 5.96 Å². The molecule has 0 amide bonds. The number of para-hydroxylation sites is 1. The molecule has 9 heteroatoms. The van der Waals surface area contributed by atoms with Gasteiger partial charge in [0.1, 0.15) is 11.6 Å². The second-order valence-corrected chi connectivity index (χ2v) is 4.40.